The van der Waals surface area contributed by atoms with Crippen molar-refractivity contribution in [2.75, 3.05) is 0 Å². The van der Waals surface area contributed by atoms with Gasteiger partial charge in [0.15, 0.2) is 0 Å². The predicted molar refractivity (Wildman–Crippen MR) is 84.6 cm³/mol. The van der Waals surface area contributed by atoms with Gasteiger partial charge >= 0.3 is 120 Å². The Kier molecular flexibility index (Phi) is 2.47. The fraction of sp³-hybridized carbons (Fsp3) is 0.0667. The van der Waals surface area contributed by atoms with E-state index >= 15 is 0 Å². The zero-order valence-electron chi connectivity index (χ0n) is 10.0. The molecule has 0 atom stereocenters. The van der Waals surface area contributed by atoms with E-state index in [0.717, 1.165) is 0 Å². The zero-order valence-corrected chi connectivity index (χ0v) is 14.5. The van der Waals surface area contributed by atoms with E-state index in [1.165, 1.54) is 11.1 Å². The van der Waals surface area contributed by atoms with E-state index in [1.54, 1.807) is 10.7 Å². The first-order valence-corrected chi connectivity index (χ1v) is 15.0. The second-order valence-corrected chi connectivity index (χ2v) is 17.5. The standard InChI is InChI=1S/C8H4S2.C6H5.CH3.Sn/c1-3-9-5-7(1)8-2-4-10-6-8;1-2-4-6-5-3-1;;/h3-6H;1-5H;1H3;. The van der Waals surface area contributed by atoms with E-state index in [-0.39, 0.29) is 0 Å². The molecule has 3 aromatic rings. The summed E-state index contributed by atoms with van der Waals surface area (Å²) in [6.07, 6.45) is 0. The summed E-state index contributed by atoms with van der Waals surface area (Å²) >= 11 is 1.17. The number of fused-ring (bicyclic) bond motifs is 3. The van der Waals surface area contributed by atoms with Crippen LogP contribution in [0.4, 0.5) is 0 Å². The molecule has 3 heteroatoms. The maximum atomic E-state index is 2.56. The Bertz CT molecular complexity index is 669. The Hall–Kier alpha value is -0.581. The third kappa shape index (κ3) is 1.31. The summed E-state index contributed by atoms with van der Waals surface area (Å²) in [6, 6.07) is 11.2. The number of hydrogen-bond acceptors (Lipinski definition) is 2. The summed E-state index contributed by atoms with van der Waals surface area (Å²) in [5, 5.41) is 9.49. The van der Waals surface area contributed by atoms with E-state index in [1.807, 2.05) is 22.7 Å². The van der Waals surface area contributed by atoms with Crippen molar-refractivity contribution in [3.63, 3.8) is 0 Å². The SMILES string of the molecule is [CH3][Sn]1([c]2ccccc2)[c]2cscc2-c2csc[c]21. The zero-order chi connectivity index (χ0) is 12.2. The normalized spacial score (nSPS) is 15.4. The fourth-order valence-electron chi connectivity index (χ4n) is 3.01. The Morgan fingerprint density at radius 3 is 1.89 bits per heavy atom. The summed E-state index contributed by atoms with van der Waals surface area (Å²) in [5.41, 5.74) is 3.05. The monoisotopic (exact) mass is 376 g/mol. The molecule has 0 nitrogen and oxygen atoms in total. The van der Waals surface area contributed by atoms with Crippen LogP contribution in [0.2, 0.25) is 4.94 Å². The van der Waals surface area contributed by atoms with E-state index in [0.29, 0.717) is 0 Å². The number of thiophene rings is 2. The van der Waals surface area contributed by atoms with Crippen LogP contribution in [0.3, 0.4) is 0 Å². The molecule has 0 saturated carbocycles. The van der Waals surface area contributed by atoms with Crippen molar-refractivity contribution in [3.05, 3.63) is 51.9 Å². The van der Waals surface area contributed by atoms with Crippen LogP contribution in [-0.4, -0.2) is 18.4 Å². The minimum absolute atomic E-state index is 1.53. The Morgan fingerprint density at radius 2 is 1.33 bits per heavy atom. The molecule has 0 amide bonds. The van der Waals surface area contributed by atoms with Crippen molar-refractivity contribution < 1.29 is 0 Å². The summed E-state index contributed by atoms with van der Waals surface area (Å²) in [7, 11) is 0. The van der Waals surface area contributed by atoms with Gasteiger partial charge in [-0.15, -0.1) is 0 Å². The molecule has 2 aromatic heterocycles. The van der Waals surface area contributed by atoms with Gasteiger partial charge in [0.05, 0.1) is 0 Å². The van der Waals surface area contributed by atoms with E-state index < -0.39 is 18.4 Å². The molecule has 0 bridgehead atoms. The van der Waals surface area contributed by atoms with E-state index in [4.69, 9.17) is 0 Å². The summed E-state index contributed by atoms with van der Waals surface area (Å²) in [4.78, 5) is 2.56. The minimum atomic E-state index is -2.55. The Balaban J connectivity index is 2.08. The molecule has 0 unspecified atom stereocenters. The van der Waals surface area contributed by atoms with Crippen LogP contribution in [0.1, 0.15) is 0 Å². The van der Waals surface area contributed by atoms with Gasteiger partial charge in [0, 0.05) is 0 Å². The third-order valence-corrected chi connectivity index (χ3v) is 19.5. The molecule has 0 radical (unpaired) electrons. The first-order valence-electron chi connectivity index (χ1n) is 6.01. The van der Waals surface area contributed by atoms with Crippen LogP contribution in [0.15, 0.2) is 51.9 Å². The van der Waals surface area contributed by atoms with Crippen molar-refractivity contribution in [2.45, 2.75) is 4.94 Å². The number of rotatable bonds is 1. The second kappa shape index (κ2) is 3.95. The van der Waals surface area contributed by atoms with Gasteiger partial charge in [-0.1, -0.05) is 0 Å². The first-order chi connectivity index (χ1) is 8.82. The van der Waals surface area contributed by atoms with Gasteiger partial charge in [0.1, 0.15) is 0 Å². The first kappa shape index (κ1) is 11.3. The molecule has 1 aromatic carbocycles. The average molecular weight is 375 g/mol. The van der Waals surface area contributed by atoms with Gasteiger partial charge in [-0.3, -0.25) is 0 Å². The molecule has 0 aliphatic carbocycles. The number of benzene rings is 1. The van der Waals surface area contributed by atoms with Crippen LogP contribution in [0, 0.1) is 0 Å². The molecule has 0 spiro atoms. The molecule has 0 saturated heterocycles. The third-order valence-electron chi connectivity index (χ3n) is 4.04. The second-order valence-electron chi connectivity index (χ2n) is 4.89. The van der Waals surface area contributed by atoms with Crippen molar-refractivity contribution >= 4 is 51.8 Å². The van der Waals surface area contributed by atoms with Crippen LogP contribution < -0.4 is 10.7 Å². The van der Waals surface area contributed by atoms with E-state index in [9.17, 15) is 0 Å². The van der Waals surface area contributed by atoms with Crippen molar-refractivity contribution in [3.8, 4) is 11.1 Å². The van der Waals surface area contributed by atoms with Gasteiger partial charge in [0.25, 0.3) is 0 Å². The van der Waals surface area contributed by atoms with E-state index in [2.05, 4.69) is 56.8 Å². The summed E-state index contributed by atoms with van der Waals surface area (Å²) in [6.45, 7) is 0. The van der Waals surface area contributed by atoms with Gasteiger partial charge in [0.2, 0.25) is 0 Å². The van der Waals surface area contributed by atoms with Crippen molar-refractivity contribution in [1.29, 1.82) is 0 Å². The molecule has 88 valence electrons. The topological polar surface area (TPSA) is 0 Å². The fourth-order valence-corrected chi connectivity index (χ4v) is 20.0. The Labute approximate surface area is 119 Å². The van der Waals surface area contributed by atoms with Gasteiger partial charge < -0.3 is 0 Å². The molecule has 4 rings (SSSR count). The average Bonchev–Trinajstić information content (AvgIpc) is 3.09. The number of hydrogen-bond donors (Lipinski definition) is 0. The van der Waals surface area contributed by atoms with Crippen LogP contribution in [-0.2, 0) is 0 Å². The van der Waals surface area contributed by atoms with Gasteiger partial charge in [-0.25, -0.2) is 0 Å². The molecule has 18 heavy (non-hydrogen) atoms. The van der Waals surface area contributed by atoms with Crippen molar-refractivity contribution in [2.24, 2.45) is 0 Å². The molecule has 0 fully saturated rings. The molecular weight excluding hydrogens is 363 g/mol. The van der Waals surface area contributed by atoms with Crippen LogP contribution >= 0.6 is 22.7 Å². The molecule has 3 heterocycles. The predicted octanol–water partition coefficient (Wildman–Crippen LogP) is 2.89. The van der Waals surface area contributed by atoms with Gasteiger partial charge in [-0.05, 0) is 0 Å². The summed E-state index contributed by atoms with van der Waals surface area (Å²) < 4.78 is 4.96. The molecule has 1 aliphatic rings. The Morgan fingerprint density at radius 1 is 0.778 bits per heavy atom. The maximum absolute atomic E-state index is 2.56. The summed E-state index contributed by atoms with van der Waals surface area (Å²) in [5.74, 6) is 0. The van der Waals surface area contributed by atoms with Crippen LogP contribution in [0.5, 0.6) is 0 Å². The van der Waals surface area contributed by atoms with Crippen LogP contribution in [0.25, 0.3) is 11.1 Å². The molecule has 1 aliphatic heterocycles. The van der Waals surface area contributed by atoms with Gasteiger partial charge in [-0.2, -0.15) is 0 Å². The molecule has 0 N–H and O–H groups in total. The quantitative estimate of drug-likeness (QED) is 0.574. The van der Waals surface area contributed by atoms with Crippen molar-refractivity contribution in [1.82, 2.24) is 0 Å². The molecular formula is C15H12S2Sn.